The zero-order valence-electron chi connectivity index (χ0n) is 5.26. The third-order valence-electron chi connectivity index (χ3n) is 1.05. The van der Waals surface area contributed by atoms with Crippen molar-refractivity contribution >= 4 is 0 Å². The highest BCUT2D eigenvalue weighted by Gasteiger charge is 2.07. The maximum absolute atomic E-state index is 11.6. The van der Waals surface area contributed by atoms with Crippen molar-refractivity contribution in [1.82, 2.24) is 0 Å². The maximum atomic E-state index is 11.6. The first-order valence-corrected chi connectivity index (χ1v) is 2.90. The minimum atomic E-state index is -0.657. The van der Waals surface area contributed by atoms with E-state index in [-0.39, 0.29) is 13.0 Å². The van der Waals surface area contributed by atoms with Gasteiger partial charge in [0.05, 0.1) is 6.10 Å². The average Bonchev–Trinajstić information content (AvgIpc) is 1.87. The van der Waals surface area contributed by atoms with E-state index in [9.17, 15) is 4.39 Å². The molecule has 9 heavy (non-hydrogen) atoms. The topological polar surface area (TPSA) is 72.3 Å². The van der Waals surface area contributed by atoms with E-state index in [1.54, 1.807) is 0 Å². The zero-order valence-corrected chi connectivity index (χ0v) is 5.26. The monoisotopic (exact) mass is 136 g/mol. The van der Waals surface area contributed by atoms with E-state index in [0.717, 1.165) is 0 Å². The van der Waals surface area contributed by atoms with Crippen LogP contribution >= 0.6 is 0 Å². The Morgan fingerprint density at radius 1 is 1.56 bits per heavy atom. The van der Waals surface area contributed by atoms with E-state index >= 15 is 0 Å². The minimum absolute atomic E-state index is 0.147. The van der Waals surface area contributed by atoms with Crippen molar-refractivity contribution in [1.29, 1.82) is 0 Å². The second-order valence-electron chi connectivity index (χ2n) is 2.04. The molecule has 3 nitrogen and oxygen atoms in total. The van der Waals surface area contributed by atoms with Gasteiger partial charge < -0.3 is 16.6 Å². The largest absolute Gasteiger partial charge is 0.392 e. The van der Waals surface area contributed by atoms with Crippen LogP contribution in [0.25, 0.3) is 0 Å². The lowest BCUT2D eigenvalue weighted by Crippen LogP contribution is -2.31. The molecule has 4 heteroatoms. The number of rotatable bonds is 4. The van der Waals surface area contributed by atoms with Crippen LogP contribution in [0.1, 0.15) is 6.42 Å². The van der Waals surface area contributed by atoms with E-state index in [1.807, 2.05) is 0 Å². The second kappa shape index (κ2) is 4.67. The van der Waals surface area contributed by atoms with Crippen molar-refractivity contribution in [3.05, 3.63) is 0 Å². The van der Waals surface area contributed by atoms with Gasteiger partial charge >= 0.3 is 0 Å². The summed E-state index contributed by atoms with van der Waals surface area (Å²) in [7, 11) is 0. The first-order chi connectivity index (χ1) is 4.20. The standard InChI is InChI=1S/C5H13FN2O/c6-2-4(8)1-5(9)3-7/h4-5,9H,1-3,7-8H2. The Kier molecular flexibility index (Phi) is 4.57. The smallest absolute Gasteiger partial charge is 0.105 e. The predicted molar refractivity (Wildman–Crippen MR) is 33.6 cm³/mol. The molecule has 0 spiro atoms. The summed E-state index contributed by atoms with van der Waals surface area (Å²) in [6.45, 7) is -0.454. The lowest BCUT2D eigenvalue weighted by Gasteiger charge is -2.10. The average molecular weight is 136 g/mol. The van der Waals surface area contributed by atoms with Crippen molar-refractivity contribution in [3.8, 4) is 0 Å². The summed E-state index contributed by atoms with van der Waals surface area (Å²) in [5.74, 6) is 0. The fourth-order valence-corrected chi connectivity index (χ4v) is 0.509. The van der Waals surface area contributed by atoms with E-state index in [1.165, 1.54) is 0 Å². The maximum Gasteiger partial charge on any atom is 0.105 e. The van der Waals surface area contributed by atoms with Gasteiger partial charge in [0.25, 0.3) is 0 Å². The Morgan fingerprint density at radius 2 is 2.11 bits per heavy atom. The molecule has 0 bridgehead atoms. The third-order valence-corrected chi connectivity index (χ3v) is 1.05. The molecule has 0 amide bonds. The molecular weight excluding hydrogens is 123 g/mol. The summed E-state index contributed by atoms with van der Waals surface area (Å²) in [5.41, 5.74) is 10.2. The highest BCUT2D eigenvalue weighted by Crippen LogP contribution is 1.93. The van der Waals surface area contributed by atoms with Crippen molar-refractivity contribution in [2.24, 2.45) is 11.5 Å². The molecule has 0 fully saturated rings. The molecule has 0 heterocycles. The van der Waals surface area contributed by atoms with Crippen LogP contribution < -0.4 is 11.5 Å². The highest BCUT2D eigenvalue weighted by molar-refractivity contribution is 4.66. The molecule has 0 aromatic rings. The van der Waals surface area contributed by atoms with Gasteiger partial charge in [-0.25, -0.2) is 4.39 Å². The van der Waals surface area contributed by atoms with Crippen LogP contribution in [0.3, 0.4) is 0 Å². The molecule has 2 unspecified atom stereocenters. The van der Waals surface area contributed by atoms with Crippen LogP contribution in [0.4, 0.5) is 4.39 Å². The molecule has 2 atom stereocenters. The SMILES string of the molecule is NCC(O)CC(N)CF. The number of alkyl halides is 1. The molecule has 0 aliphatic carbocycles. The van der Waals surface area contributed by atoms with Gasteiger partial charge in [0.1, 0.15) is 6.67 Å². The fraction of sp³-hybridized carbons (Fsp3) is 1.00. The van der Waals surface area contributed by atoms with Gasteiger partial charge in [-0.1, -0.05) is 0 Å². The lowest BCUT2D eigenvalue weighted by molar-refractivity contribution is 0.158. The van der Waals surface area contributed by atoms with Gasteiger partial charge in [0, 0.05) is 12.6 Å². The number of hydrogen-bond donors (Lipinski definition) is 3. The van der Waals surface area contributed by atoms with Crippen molar-refractivity contribution < 1.29 is 9.50 Å². The zero-order chi connectivity index (χ0) is 7.28. The molecule has 0 aliphatic rings. The second-order valence-corrected chi connectivity index (χ2v) is 2.04. The Balaban J connectivity index is 3.22. The lowest BCUT2D eigenvalue weighted by atomic mass is 10.1. The molecule has 0 saturated carbocycles. The first kappa shape index (κ1) is 8.81. The van der Waals surface area contributed by atoms with E-state index < -0.39 is 18.8 Å². The third kappa shape index (κ3) is 4.32. The van der Waals surface area contributed by atoms with Gasteiger partial charge in [-0.3, -0.25) is 0 Å². The summed E-state index contributed by atoms with van der Waals surface area (Å²) in [4.78, 5) is 0. The van der Waals surface area contributed by atoms with Crippen LogP contribution in [0.5, 0.6) is 0 Å². The number of hydrogen-bond acceptors (Lipinski definition) is 3. The molecule has 0 saturated heterocycles. The number of aliphatic hydroxyl groups is 1. The summed E-state index contributed by atoms with van der Waals surface area (Å²) in [6, 6.07) is -0.566. The van der Waals surface area contributed by atoms with Crippen LogP contribution in [0, 0.1) is 0 Å². The van der Waals surface area contributed by atoms with Gasteiger partial charge in [0.15, 0.2) is 0 Å². The Hall–Kier alpha value is -0.190. The Bertz CT molecular complexity index is 64.0. The first-order valence-electron chi connectivity index (χ1n) is 2.90. The van der Waals surface area contributed by atoms with E-state index in [0.29, 0.717) is 0 Å². The van der Waals surface area contributed by atoms with Crippen LogP contribution in [-0.4, -0.2) is 30.5 Å². The highest BCUT2D eigenvalue weighted by atomic mass is 19.1. The predicted octanol–water partition coefficient (Wildman–Crippen LogP) is -1.01. The summed E-state index contributed by atoms with van der Waals surface area (Å²) in [5, 5.41) is 8.79. The van der Waals surface area contributed by atoms with Crippen LogP contribution in [-0.2, 0) is 0 Å². The van der Waals surface area contributed by atoms with E-state index in [4.69, 9.17) is 16.6 Å². The van der Waals surface area contributed by atoms with Gasteiger partial charge in [-0.05, 0) is 6.42 Å². The van der Waals surface area contributed by atoms with Crippen molar-refractivity contribution in [3.63, 3.8) is 0 Å². The Morgan fingerprint density at radius 3 is 2.44 bits per heavy atom. The number of nitrogens with two attached hydrogens (primary N) is 2. The van der Waals surface area contributed by atoms with Gasteiger partial charge in [-0.2, -0.15) is 0 Å². The van der Waals surface area contributed by atoms with Crippen molar-refractivity contribution in [2.75, 3.05) is 13.2 Å². The molecule has 56 valence electrons. The van der Waals surface area contributed by atoms with Crippen molar-refractivity contribution in [2.45, 2.75) is 18.6 Å². The minimum Gasteiger partial charge on any atom is -0.392 e. The molecule has 0 rings (SSSR count). The number of halogens is 1. The fourth-order valence-electron chi connectivity index (χ4n) is 0.509. The van der Waals surface area contributed by atoms with Crippen LogP contribution in [0.2, 0.25) is 0 Å². The summed E-state index contributed by atoms with van der Waals surface area (Å²) in [6.07, 6.45) is -0.414. The molecule has 0 radical (unpaired) electrons. The molecule has 0 aromatic heterocycles. The Labute approximate surface area is 53.8 Å². The molecule has 5 N–H and O–H groups in total. The van der Waals surface area contributed by atoms with E-state index in [2.05, 4.69) is 0 Å². The molecule has 0 aliphatic heterocycles. The number of aliphatic hydroxyl groups excluding tert-OH is 1. The summed E-state index contributed by atoms with van der Waals surface area (Å²) < 4.78 is 11.6. The normalized spacial score (nSPS) is 17.3. The summed E-state index contributed by atoms with van der Waals surface area (Å²) >= 11 is 0. The quantitative estimate of drug-likeness (QED) is 0.464. The molecule has 0 aromatic carbocycles. The van der Waals surface area contributed by atoms with Gasteiger partial charge in [0.2, 0.25) is 0 Å². The van der Waals surface area contributed by atoms with Crippen LogP contribution in [0.15, 0.2) is 0 Å². The molecular formula is C5H13FN2O. The van der Waals surface area contributed by atoms with Gasteiger partial charge in [-0.15, -0.1) is 0 Å².